The van der Waals surface area contributed by atoms with E-state index in [2.05, 4.69) is 5.32 Å². The van der Waals surface area contributed by atoms with Crippen molar-refractivity contribution in [2.75, 3.05) is 6.54 Å². The molecule has 106 valence electrons. The second-order valence-electron chi connectivity index (χ2n) is 5.03. The Balaban J connectivity index is 2.82. The maximum atomic E-state index is 12.1. The number of nitrogens with one attached hydrogen (secondary N) is 1. The summed E-state index contributed by atoms with van der Waals surface area (Å²) < 4.78 is 0. The third-order valence-corrected chi connectivity index (χ3v) is 4.03. The molecular weight excluding hydrogens is 262 g/mol. The van der Waals surface area contributed by atoms with Crippen molar-refractivity contribution in [2.24, 2.45) is 0 Å². The first-order valence-corrected chi connectivity index (χ1v) is 6.98. The van der Waals surface area contributed by atoms with Gasteiger partial charge in [0.2, 0.25) is 0 Å². The van der Waals surface area contributed by atoms with Crippen molar-refractivity contribution in [3.8, 4) is 0 Å². The van der Waals surface area contributed by atoms with Gasteiger partial charge in [-0.05, 0) is 49.9 Å². The van der Waals surface area contributed by atoms with Gasteiger partial charge in [0, 0.05) is 6.54 Å². The molecule has 0 fully saturated rings. The summed E-state index contributed by atoms with van der Waals surface area (Å²) in [6, 6.07) is 3.57. The number of halogens is 1. The SMILES string of the molecule is CCC(O)(CC)CNC(=O)c1cc(C)c(C)cc1Cl. The van der Waals surface area contributed by atoms with Crippen molar-refractivity contribution in [3.63, 3.8) is 0 Å². The Bertz CT molecular complexity index is 467. The summed E-state index contributed by atoms with van der Waals surface area (Å²) in [4.78, 5) is 12.1. The number of carbonyl (C=O) groups excluding carboxylic acids is 1. The van der Waals surface area contributed by atoms with Crippen LogP contribution in [0.25, 0.3) is 0 Å². The van der Waals surface area contributed by atoms with E-state index in [1.165, 1.54) is 0 Å². The van der Waals surface area contributed by atoms with Gasteiger partial charge in [0.15, 0.2) is 0 Å². The molecule has 0 aliphatic rings. The molecular formula is C15H22ClNO2. The minimum absolute atomic E-state index is 0.238. The van der Waals surface area contributed by atoms with Crippen LogP contribution in [0.4, 0.5) is 0 Å². The molecule has 1 aromatic rings. The molecule has 19 heavy (non-hydrogen) atoms. The molecule has 0 saturated heterocycles. The van der Waals surface area contributed by atoms with Crippen LogP contribution in [-0.2, 0) is 0 Å². The molecule has 0 spiro atoms. The molecule has 0 aromatic heterocycles. The Morgan fingerprint density at radius 1 is 1.26 bits per heavy atom. The lowest BCUT2D eigenvalue weighted by Gasteiger charge is -2.25. The van der Waals surface area contributed by atoms with Crippen molar-refractivity contribution in [1.82, 2.24) is 5.32 Å². The zero-order chi connectivity index (χ0) is 14.6. The number of aliphatic hydroxyl groups is 1. The lowest BCUT2D eigenvalue weighted by Crippen LogP contribution is -2.42. The van der Waals surface area contributed by atoms with E-state index in [9.17, 15) is 9.90 Å². The molecule has 1 amide bonds. The molecule has 0 saturated carbocycles. The van der Waals surface area contributed by atoms with Gasteiger partial charge in [-0.25, -0.2) is 0 Å². The van der Waals surface area contributed by atoms with Gasteiger partial charge in [0.05, 0.1) is 16.2 Å². The summed E-state index contributed by atoms with van der Waals surface area (Å²) in [7, 11) is 0. The van der Waals surface area contributed by atoms with Crippen molar-refractivity contribution in [1.29, 1.82) is 0 Å². The molecule has 2 N–H and O–H groups in total. The maximum Gasteiger partial charge on any atom is 0.252 e. The van der Waals surface area contributed by atoms with E-state index < -0.39 is 5.60 Å². The number of hydrogen-bond acceptors (Lipinski definition) is 2. The molecule has 0 aliphatic heterocycles. The van der Waals surface area contributed by atoms with Crippen LogP contribution in [0.2, 0.25) is 5.02 Å². The van der Waals surface area contributed by atoms with Gasteiger partial charge in [-0.2, -0.15) is 0 Å². The Morgan fingerprint density at radius 3 is 2.32 bits per heavy atom. The van der Waals surface area contributed by atoms with Gasteiger partial charge in [-0.3, -0.25) is 4.79 Å². The first-order chi connectivity index (χ1) is 8.83. The van der Waals surface area contributed by atoms with Gasteiger partial charge < -0.3 is 10.4 Å². The van der Waals surface area contributed by atoms with Crippen LogP contribution in [0.5, 0.6) is 0 Å². The number of benzene rings is 1. The van der Waals surface area contributed by atoms with Crippen LogP contribution in [0.3, 0.4) is 0 Å². The Hall–Kier alpha value is -1.06. The topological polar surface area (TPSA) is 49.3 Å². The molecule has 0 unspecified atom stereocenters. The maximum absolute atomic E-state index is 12.1. The largest absolute Gasteiger partial charge is 0.388 e. The fraction of sp³-hybridized carbons (Fsp3) is 0.533. The van der Waals surface area contributed by atoms with Gasteiger partial charge in [0.25, 0.3) is 5.91 Å². The monoisotopic (exact) mass is 283 g/mol. The number of aryl methyl sites for hydroxylation is 2. The second-order valence-corrected chi connectivity index (χ2v) is 5.44. The van der Waals surface area contributed by atoms with E-state index in [-0.39, 0.29) is 12.5 Å². The third kappa shape index (κ3) is 3.95. The highest BCUT2D eigenvalue weighted by molar-refractivity contribution is 6.34. The van der Waals surface area contributed by atoms with E-state index in [1.807, 2.05) is 27.7 Å². The predicted octanol–water partition coefficient (Wildman–Crippen LogP) is 3.24. The van der Waals surface area contributed by atoms with E-state index in [0.29, 0.717) is 23.4 Å². The minimum atomic E-state index is -0.845. The van der Waals surface area contributed by atoms with Crippen LogP contribution in [0.15, 0.2) is 12.1 Å². The Labute approximate surface area is 120 Å². The predicted molar refractivity (Wildman–Crippen MR) is 78.8 cm³/mol. The van der Waals surface area contributed by atoms with E-state index in [4.69, 9.17) is 11.6 Å². The summed E-state index contributed by atoms with van der Waals surface area (Å²) in [6.07, 6.45) is 1.20. The van der Waals surface area contributed by atoms with Crippen LogP contribution < -0.4 is 5.32 Å². The van der Waals surface area contributed by atoms with Crippen molar-refractivity contribution >= 4 is 17.5 Å². The normalized spacial score (nSPS) is 11.5. The molecule has 4 heteroatoms. The number of carbonyl (C=O) groups is 1. The summed E-state index contributed by atoms with van der Waals surface area (Å²) in [5.41, 5.74) is 1.69. The van der Waals surface area contributed by atoms with E-state index in [1.54, 1.807) is 12.1 Å². The summed E-state index contributed by atoms with van der Waals surface area (Å²) in [5, 5.41) is 13.3. The highest BCUT2D eigenvalue weighted by Crippen LogP contribution is 2.21. The van der Waals surface area contributed by atoms with Crippen LogP contribution in [0, 0.1) is 13.8 Å². The van der Waals surface area contributed by atoms with Gasteiger partial charge in [0.1, 0.15) is 0 Å². The van der Waals surface area contributed by atoms with Crippen molar-refractivity contribution in [3.05, 3.63) is 33.8 Å². The molecule has 0 atom stereocenters. The zero-order valence-electron chi connectivity index (χ0n) is 12.0. The number of rotatable bonds is 5. The molecule has 1 rings (SSSR count). The lowest BCUT2D eigenvalue weighted by molar-refractivity contribution is 0.0314. The first kappa shape index (κ1) is 16.0. The summed E-state index contributed by atoms with van der Waals surface area (Å²) in [6.45, 7) is 7.94. The third-order valence-electron chi connectivity index (χ3n) is 3.72. The smallest absolute Gasteiger partial charge is 0.252 e. The molecule has 3 nitrogen and oxygen atoms in total. The number of hydrogen-bond donors (Lipinski definition) is 2. The van der Waals surface area contributed by atoms with Crippen molar-refractivity contribution in [2.45, 2.75) is 46.1 Å². The van der Waals surface area contributed by atoms with E-state index in [0.717, 1.165) is 11.1 Å². The Kier molecular flexibility index (Phi) is 5.39. The quantitative estimate of drug-likeness (QED) is 0.871. The molecule has 1 aromatic carbocycles. The first-order valence-electron chi connectivity index (χ1n) is 6.60. The summed E-state index contributed by atoms with van der Waals surface area (Å²) >= 11 is 6.09. The van der Waals surface area contributed by atoms with Gasteiger partial charge in [-0.1, -0.05) is 25.4 Å². The lowest BCUT2D eigenvalue weighted by atomic mass is 9.97. The highest BCUT2D eigenvalue weighted by atomic mass is 35.5. The molecule has 0 bridgehead atoms. The van der Waals surface area contributed by atoms with Crippen LogP contribution >= 0.6 is 11.6 Å². The van der Waals surface area contributed by atoms with Crippen LogP contribution in [0.1, 0.15) is 48.2 Å². The fourth-order valence-electron chi connectivity index (χ4n) is 1.79. The second kappa shape index (κ2) is 6.40. The zero-order valence-corrected chi connectivity index (χ0v) is 12.8. The minimum Gasteiger partial charge on any atom is -0.388 e. The summed E-state index contributed by atoms with van der Waals surface area (Å²) in [5.74, 6) is -0.242. The van der Waals surface area contributed by atoms with Gasteiger partial charge in [-0.15, -0.1) is 0 Å². The van der Waals surface area contributed by atoms with Crippen LogP contribution in [-0.4, -0.2) is 23.2 Å². The molecule has 0 radical (unpaired) electrons. The number of amides is 1. The average Bonchev–Trinajstić information content (AvgIpc) is 2.39. The Morgan fingerprint density at radius 2 is 1.79 bits per heavy atom. The van der Waals surface area contributed by atoms with Crippen molar-refractivity contribution < 1.29 is 9.90 Å². The van der Waals surface area contributed by atoms with E-state index >= 15 is 0 Å². The standard InChI is InChI=1S/C15H22ClNO2/c1-5-15(19,6-2)9-17-14(18)12-7-10(3)11(4)8-13(12)16/h7-8,19H,5-6,9H2,1-4H3,(H,17,18). The molecule has 0 aliphatic carbocycles. The average molecular weight is 284 g/mol. The fourth-order valence-corrected chi connectivity index (χ4v) is 2.10. The molecule has 0 heterocycles. The van der Waals surface area contributed by atoms with Gasteiger partial charge >= 0.3 is 0 Å². The highest BCUT2D eigenvalue weighted by Gasteiger charge is 2.23.